The Bertz CT molecular complexity index is 1660. The van der Waals surface area contributed by atoms with Crippen LogP contribution in [0.25, 0.3) is 0 Å². The highest BCUT2D eigenvalue weighted by atomic mass is 16.5. The average molecular weight is 635 g/mol. The number of piperidine rings is 1. The van der Waals surface area contributed by atoms with Crippen LogP contribution in [0.5, 0.6) is 11.5 Å². The Balaban J connectivity index is 1.48. The largest absolute Gasteiger partial charge is 0.496 e. The predicted molar refractivity (Wildman–Crippen MR) is 164 cm³/mol. The third-order valence-electron chi connectivity index (χ3n) is 7.76. The fourth-order valence-corrected chi connectivity index (χ4v) is 5.19. The number of nitrogens with zero attached hydrogens (tertiary/aromatic N) is 2. The second-order valence-corrected chi connectivity index (χ2v) is 10.6. The molecule has 0 spiro atoms. The maximum atomic E-state index is 13.2. The average Bonchev–Trinajstić information content (AvgIpc) is 3.05. The van der Waals surface area contributed by atoms with Crippen LogP contribution in [-0.4, -0.2) is 88.5 Å². The molecule has 2 heterocycles. The van der Waals surface area contributed by atoms with Crippen molar-refractivity contribution in [2.24, 2.45) is 0 Å². The van der Waals surface area contributed by atoms with Crippen LogP contribution >= 0.6 is 0 Å². The number of H-pyrrole nitrogens is 1. The van der Waals surface area contributed by atoms with Crippen molar-refractivity contribution in [1.82, 2.24) is 25.5 Å². The van der Waals surface area contributed by atoms with Gasteiger partial charge in [-0.15, -0.1) is 0 Å². The Morgan fingerprint density at radius 1 is 1.00 bits per heavy atom. The minimum absolute atomic E-state index is 0.0226. The molecule has 0 radical (unpaired) electrons. The number of aromatic amines is 1. The number of anilines is 1. The third kappa shape index (κ3) is 7.49. The van der Waals surface area contributed by atoms with Gasteiger partial charge in [0.25, 0.3) is 11.8 Å². The lowest BCUT2D eigenvalue weighted by molar-refractivity contribution is -0.139. The van der Waals surface area contributed by atoms with Gasteiger partial charge in [0.15, 0.2) is 5.78 Å². The first-order valence-electron chi connectivity index (χ1n) is 14.3. The van der Waals surface area contributed by atoms with Gasteiger partial charge in [-0.25, -0.2) is 19.4 Å². The Morgan fingerprint density at radius 3 is 2.20 bits per heavy atom. The first-order valence-corrected chi connectivity index (χ1v) is 14.3. The second-order valence-electron chi connectivity index (χ2n) is 10.6. The van der Waals surface area contributed by atoms with Crippen molar-refractivity contribution in [2.75, 3.05) is 32.6 Å². The Morgan fingerprint density at radius 2 is 1.63 bits per heavy atom. The molecule has 0 aliphatic carbocycles. The lowest BCUT2D eigenvalue weighted by Crippen LogP contribution is -2.63. The van der Waals surface area contributed by atoms with Gasteiger partial charge in [0.05, 0.1) is 14.2 Å². The van der Waals surface area contributed by atoms with E-state index in [2.05, 4.69) is 25.9 Å². The number of carbonyl (C=O) groups excluding carboxylic acids is 4. The molecule has 0 bridgehead atoms. The molecule has 46 heavy (non-hydrogen) atoms. The van der Waals surface area contributed by atoms with Crippen molar-refractivity contribution in [2.45, 2.75) is 37.8 Å². The highest BCUT2D eigenvalue weighted by Gasteiger charge is 2.42. The lowest BCUT2D eigenvalue weighted by Gasteiger charge is -2.40. The van der Waals surface area contributed by atoms with E-state index >= 15 is 0 Å². The quantitative estimate of drug-likeness (QED) is 0.206. The van der Waals surface area contributed by atoms with Crippen molar-refractivity contribution in [3.8, 4) is 11.5 Å². The van der Waals surface area contributed by atoms with E-state index in [4.69, 9.17) is 9.47 Å². The van der Waals surface area contributed by atoms with Crippen molar-refractivity contribution in [3.05, 3.63) is 81.9 Å². The zero-order valence-corrected chi connectivity index (χ0v) is 25.4. The van der Waals surface area contributed by atoms with Crippen molar-refractivity contribution >= 4 is 35.4 Å². The molecule has 0 saturated carbocycles. The Hall–Kier alpha value is -5.73. The van der Waals surface area contributed by atoms with Crippen LogP contribution < -0.4 is 31.1 Å². The van der Waals surface area contributed by atoms with Gasteiger partial charge < -0.3 is 35.4 Å². The van der Waals surface area contributed by atoms with E-state index in [9.17, 15) is 33.9 Å². The number of aliphatic carboxylic acids is 1. The molecule has 4 amide bonds. The summed E-state index contributed by atoms with van der Waals surface area (Å²) in [5, 5.41) is 17.5. The van der Waals surface area contributed by atoms with Gasteiger partial charge in [0, 0.05) is 36.8 Å². The summed E-state index contributed by atoms with van der Waals surface area (Å²) >= 11 is 0. The van der Waals surface area contributed by atoms with Crippen molar-refractivity contribution in [1.29, 1.82) is 0 Å². The van der Waals surface area contributed by atoms with Crippen LogP contribution in [-0.2, 0) is 16.0 Å². The van der Waals surface area contributed by atoms with Gasteiger partial charge in [-0.3, -0.25) is 19.4 Å². The van der Waals surface area contributed by atoms with E-state index in [-0.39, 0.29) is 66.1 Å². The number of ketones is 1. The molecule has 1 aliphatic rings. The van der Waals surface area contributed by atoms with Crippen LogP contribution in [0.2, 0.25) is 0 Å². The minimum atomic E-state index is -1.56. The maximum absolute atomic E-state index is 13.2. The first-order chi connectivity index (χ1) is 22.0. The molecule has 2 aromatic carbocycles. The number of carboxylic acid groups (broad SMARTS) is 1. The Kier molecular flexibility index (Phi) is 10.4. The van der Waals surface area contributed by atoms with Crippen molar-refractivity contribution in [3.63, 3.8) is 0 Å². The molecule has 1 fully saturated rings. The lowest BCUT2D eigenvalue weighted by atomic mass is 9.84. The highest BCUT2D eigenvalue weighted by Crippen LogP contribution is 2.29. The van der Waals surface area contributed by atoms with Gasteiger partial charge in [-0.05, 0) is 44.0 Å². The smallest absolute Gasteiger partial charge is 0.346 e. The minimum Gasteiger partial charge on any atom is -0.496 e. The highest BCUT2D eigenvalue weighted by molar-refractivity contribution is 6.08. The van der Waals surface area contributed by atoms with E-state index in [1.54, 1.807) is 41.3 Å². The molecule has 1 aliphatic heterocycles. The molecule has 1 saturated heterocycles. The van der Waals surface area contributed by atoms with Crippen LogP contribution in [0.15, 0.2) is 59.5 Å². The summed E-state index contributed by atoms with van der Waals surface area (Å²) in [6.07, 6.45) is 0.925. The molecule has 15 nitrogen and oxygen atoms in total. The summed E-state index contributed by atoms with van der Waals surface area (Å²) in [6, 6.07) is 10.9. The standard InChI is InChI=1S/C31H34N6O9/c1-18(38)31(12-14-37(15-13-31)27(40)19-8-5-4-6-9-19)36-30(44)33-21(28(41)42)16-20-17-32-29(43)35-25(20)34-26(39)24-22(45-2)10-7-11-23(24)46-3/h4-11,17,21H,12-16H2,1-3H3,(H,41,42)(H2,33,36,44)(H2,32,34,35,39,43). The number of likely N-dealkylation sites (tertiary alicyclic amines) is 1. The topological polar surface area (TPSA) is 209 Å². The van der Waals surface area contributed by atoms with Gasteiger partial charge in [-0.1, -0.05) is 24.3 Å². The number of carbonyl (C=O) groups is 5. The van der Waals surface area contributed by atoms with Gasteiger partial charge in [-0.2, -0.15) is 0 Å². The third-order valence-corrected chi connectivity index (χ3v) is 7.76. The summed E-state index contributed by atoms with van der Waals surface area (Å²) in [7, 11) is 2.73. The normalized spacial score (nSPS) is 14.4. The number of urea groups is 1. The van der Waals surface area contributed by atoms with Crippen LogP contribution in [0, 0.1) is 0 Å². The predicted octanol–water partition coefficient (Wildman–Crippen LogP) is 1.60. The number of nitrogens with one attached hydrogen (secondary N) is 4. The van der Waals surface area contributed by atoms with E-state index in [0.29, 0.717) is 5.56 Å². The second kappa shape index (κ2) is 14.4. The summed E-state index contributed by atoms with van der Waals surface area (Å²) in [4.78, 5) is 83.8. The first kappa shape index (κ1) is 33.2. The number of hydrogen-bond acceptors (Lipinski definition) is 9. The van der Waals surface area contributed by atoms with Gasteiger partial charge in [0.2, 0.25) is 0 Å². The number of hydrogen-bond donors (Lipinski definition) is 5. The molecule has 5 N–H and O–H groups in total. The fraction of sp³-hybridized carbons (Fsp3) is 0.323. The monoisotopic (exact) mass is 634 g/mol. The number of ether oxygens (including phenoxy) is 2. The zero-order chi connectivity index (χ0) is 33.4. The Labute approximate surface area is 263 Å². The van der Waals surface area contributed by atoms with Gasteiger partial charge >= 0.3 is 17.7 Å². The molecule has 15 heteroatoms. The molecule has 1 unspecified atom stereocenters. The van der Waals surface area contributed by atoms with E-state index in [1.807, 2.05) is 0 Å². The number of aromatic nitrogens is 2. The number of rotatable bonds is 11. The SMILES string of the molecule is COc1cccc(OC)c1C(=O)Nc1[nH]c(=O)ncc1CC(NC(=O)NC1(C(C)=O)CCN(C(=O)c2ccccc2)CC1)C(=O)O. The molecule has 4 rings (SSSR count). The molecule has 3 aromatic rings. The van der Waals surface area contributed by atoms with Crippen LogP contribution in [0.3, 0.4) is 0 Å². The zero-order valence-electron chi connectivity index (χ0n) is 25.4. The van der Waals surface area contributed by atoms with Crippen LogP contribution in [0.4, 0.5) is 10.6 Å². The number of carboxylic acids is 1. The van der Waals surface area contributed by atoms with Crippen molar-refractivity contribution < 1.29 is 38.6 Å². The number of benzene rings is 2. The number of amides is 4. The molecular weight excluding hydrogens is 600 g/mol. The van der Waals surface area contributed by atoms with E-state index in [1.165, 1.54) is 33.3 Å². The maximum Gasteiger partial charge on any atom is 0.346 e. The molecular formula is C31H34N6O9. The fourth-order valence-electron chi connectivity index (χ4n) is 5.19. The van der Waals surface area contributed by atoms with Crippen LogP contribution in [0.1, 0.15) is 46.0 Å². The van der Waals surface area contributed by atoms with E-state index in [0.717, 1.165) is 6.20 Å². The summed E-state index contributed by atoms with van der Waals surface area (Å²) in [5.41, 5.74) is -1.53. The number of Topliss-reactive ketones (excluding diaryl/α,β-unsaturated/α-hetero) is 1. The summed E-state index contributed by atoms with van der Waals surface area (Å²) in [5.74, 6) is -2.47. The molecule has 1 atom stereocenters. The molecule has 242 valence electrons. The molecule has 1 aromatic heterocycles. The number of methoxy groups -OCH3 is 2. The van der Waals surface area contributed by atoms with E-state index < -0.39 is 41.6 Å². The van der Waals surface area contributed by atoms with Gasteiger partial charge in [0.1, 0.15) is 34.5 Å². The summed E-state index contributed by atoms with van der Waals surface area (Å²) in [6.45, 7) is 1.71. The summed E-state index contributed by atoms with van der Waals surface area (Å²) < 4.78 is 10.5.